The summed E-state index contributed by atoms with van der Waals surface area (Å²) in [5, 5.41) is 0.270. The largest absolute Gasteiger partial charge is 0.496 e. The van der Waals surface area contributed by atoms with E-state index in [4.69, 9.17) is 16.3 Å². The molecule has 1 saturated heterocycles. The van der Waals surface area contributed by atoms with Crippen molar-refractivity contribution in [2.45, 2.75) is 11.4 Å². The van der Waals surface area contributed by atoms with E-state index in [2.05, 4.69) is 6.07 Å². The third-order valence-electron chi connectivity index (χ3n) is 4.52. The SMILES string of the molecule is COc1ccccc1C[NH+]1CCN(S(=O)(=O)c2ccccc2Cl)CC1. The van der Waals surface area contributed by atoms with Crippen LogP contribution in [0.5, 0.6) is 5.75 Å². The number of methoxy groups -OCH3 is 1. The molecule has 0 spiro atoms. The highest BCUT2D eigenvalue weighted by molar-refractivity contribution is 7.89. The fourth-order valence-electron chi connectivity index (χ4n) is 3.13. The van der Waals surface area contributed by atoms with Gasteiger partial charge in [-0.2, -0.15) is 4.31 Å². The van der Waals surface area contributed by atoms with Crippen LogP contribution in [0.15, 0.2) is 53.4 Å². The van der Waals surface area contributed by atoms with Gasteiger partial charge in [-0.05, 0) is 24.3 Å². The zero-order valence-electron chi connectivity index (χ0n) is 14.1. The van der Waals surface area contributed by atoms with Gasteiger partial charge in [0, 0.05) is 5.56 Å². The van der Waals surface area contributed by atoms with Crippen molar-refractivity contribution in [3.63, 3.8) is 0 Å². The summed E-state index contributed by atoms with van der Waals surface area (Å²) in [6.07, 6.45) is 0. The number of halogens is 1. The molecule has 0 unspecified atom stereocenters. The number of benzene rings is 2. The quantitative estimate of drug-likeness (QED) is 0.852. The monoisotopic (exact) mass is 381 g/mol. The standard InChI is InChI=1S/C18H21ClN2O3S/c1-24-17-8-4-2-6-15(17)14-20-10-12-21(13-11-20)25(22,23)18-9-5-3-7-16(18)19/h2-9H,10-14H2,1H3/p+1. The predicted octanol–water partition coefficient (Wildman–Crippen LogP) is 1.44. The highest BCUT2D eigenvalue weighted by Crippen LogP contribution is 2.24. The summed E-state index contributed by atoms with van der Waals surface area (Å²) in [5.74, 6) is 0.876. The van der Waals surface area contributed by atoms with Crippen LogP contribution in [0.2, 0.25) is 5.02 Å². The number of nitrogens with zero attached hydrogens (tertiary/aromatic N) is 1. The number of nitrogens with one attached hydrogen (secondary N) is 1. The first-order valence-corrected chi connectivity index (χ1v) is 10.0. The average Bonchev–Trinajstić information content (AvgIpc) is 2.63. The van der Waals surface area contributed by atoms with E-state index in [1.54, 1.807) is 31.4 Å². The van der Waals surface area contributed by atoms with Crippen LogP contribution in [-0.4, -0.2) is 46.0 Å². The van der Waals surface area contributed by atoms with E-state index in [0.29, 0.717) is 13.1 Å². The summed E-state index contributed by atoms with van der Waals surface area (Å²) in [4.78, 5) is 1.53. The molecule has 1 heterocycles. The van der Waals surface area contributed by atoms with E-state index in [9.17, 15) is 8.42 Å². The van der Waals surface area contributed by atoms with Gasteiger partial charge < -0.3 is 9.64 Å². The second-order valence-electron chi connectivity index (χ2n) is 6.07. The van der Waals surface area contributed by atoms with Gasteiger partial charge in [0.1, 0.15) is 17.2 Å². The lowest BCUT2D eigenvalue weighted by atomic mass is 10.2. The van der Waals surface area contributed by atoms with E-state index in [1.165, 1.54) is 9.21 Å². The van der Waals surface area contributed by atoms with Gasteiger partial charge in [-0.1, -0.05) is 35.9 Å². The zero-order valence-corrected chi connectivity index (χ0v) is 15.7. The van der Waals surface area contributed by atoms with Crippen molar-refractivity contribution in [1.29, 1.82) is 0 Å². The maximum Gasteiger partial charge on any atom is 0.244 e. The van der Waals surface area contributed by atoms with Crippen LogP contribution in [0.1, 0.15) is 5.56 Å². The lowest BCUT2D eigenvalue weighted by Crippen LogP contribution is -3.13. The van der Waals surface area contributed by atoms with Gasteiger partial charge >= 0.3 is 0 Å². The van der Waals surface area contributed by atoms with Gasteiger partial charge in [0.25, 0.3) is 0 Å². The molecule has 2 aromatic carbocycles. The molecule has 1 aliphatic heterocycles. The lowest BCUT2D eigenvalue weighted by molar-refractivity contribution is -0.917. The summed E-state index contributed by atoms with van der Waals surface area (Å²) in [7, 11) is -1.87. The van der Waals surface area contributed by atoms with Crippen LogP contribution >= 0.6 is 11.6 Å². The van der Waals surface area contributed by atoms with Crippen molar-refractivity contribution < 1.29 is 18.1 Å². The molecule has 2 aromatic rings. The van der Waals surface area contributed by atoms with E-state index in [1.807, 2.05) is 18.2 Å². The minimum absolute atomic E-state index is 0.185. The molecule has 0 saturated carbocycles. The Morgan fingerprint density at radius 2 is 1.72 bits per heavy atom. The molecule has 0 radical (unpaired) electrons. The second-order valence-corrected chi connectivity index (χ2v) is 8.39. The minimum Gasteiger partial charge on any atom is -0.496 e. The normalized spacial score (nSPS) is 16.7. The molecule has 0 aliphatic carbocycles. The Morgan fingerprint density at radius 1 is 1.08 bits per heavy atom. The summed E-state index contributed by atoms with van der Waals surface area (Å²) >= 11 is 6.07. The van der Waals surface area contributed by atoms with Crippen molar-refractivity contribution in [3.05, 3.63) is 59.1 Å². The Kier molecular flexibility index (Phi) is 5.64. The fraction of sp³-hybridized carbons (Fsp3) is 0.333. The van der Waals surface area contributed by atoms with Crippen LogP contribution in [0.25, 0.3) is 0 Å². The molecular formula is C18H22ClN2O3S+. The van der Waals surface area contributed by atoms with Gasteiger partial charge in [-0.15, -0.1) is 0 Å². The van der Waals surface area contributed by atoms with Crippen molar-refractivity contribution in [1.82, 2.24) is 4.31 Å². The lowest BCUT2D eigenvalue weighted by Gasteiger charge is -2.32. The van der Waals surface area contributed by atoms with Crippen LogP contribution in [0, 0.1) is 0 Å². The molecule has 0 aromatic heterocycles. The van der Waals surface area contributed by atoms with E-state index < -0.39 is 10.0 Å². The maximum absolute atomic E-state index is 12.8. The van der Waals surface area contributed by atoms with Crippen LogP contribution in [-0.2, 0) is 16.6 Å². The Labute approximate surface area is 153 Å². The van der Waals surface area contributed by atoms with Gasteiger partial charge in [-0.3, -0.25) is 0 Å². The number of ether oxygens (including phenoxy) is 1. The van der Waals surface area contributed by atoms with Crippen molar-refractivity contribution in [2.24, 2.45) is 0 Å². The predicted molar refractivity (Wildman–Crippen MR) is 97.6 cm³/mol. The Bertz CT molecular complexity index is 834. The van der Waals surface area contributed by atoms with E-state index >= 15 is 0 Å². The van der Waals surface area contributed by atoms with Gasteiger partial charge in [0.05, 0.1) is 38.3 Å². The number of hydrogen-bond acceptors (Lipinski definition) is 3. The molecule has 0 bridgehead atoms. The summed E-state index contributed by atoms with van der Waals surface area (Å²) in [5.41, 5.74) is 1.14. The molecule has 0 amide bonds. The van der Waals surface area contributed by atoms with Crippen LogP contribution < -0.4 is 9.64 Å². The highest BCUT2D eigenvalue weighted by Gasteiger charge is 2.31. The first-order valence-electron chi connectivity index (χ1n) is 8.22. The molecular weight excluding hydrogens is 360 g/mol. The summed E-state index contributed by atoms with van der Waals surface area (Å²) < 4.78 is 32.5. The molecule has 1 aliphatic rings. The maximum atomic E-state index is 12.8. The third kappa shape index (κ3) is 3.98. The number of sulfonamides is 1. The Hall–Kier alpha value is -1.60. The molecule has 7 heteroatoms. The third-order valence-corrected chi connectivity index (χ3v) is 6.92. The van der Waals surface area contributed by atoms with Crippen molar-refractivity contribution >= 4 is 21.6 Å². The molecule has 134 valence electrons. The molecule has 25 heavy (non-hydrogen) atoms. The fourth-order valence-corrected chi connectivity index (χ4v) is 5.07. The summed E-state index contributed by atoms with van der Waals surface area (Å²) in [6, 6.07) is 14.6. The van der Waals surface area contributed by atoms with Gasteiger partial charge in [0.2, 0.25) is 10.0 Å². The minimum atomic E-state index is -3.54. The second kappa shape index (κ2) is 7.74. The Balaban J connectivity index is 1.67. The topological polar surface area (TPSA) is 51.1 Å². The van der Waals surface area contributed by atoms with Crippen molar-refractivity contribution in [2.75, 3.05) is 33.3 Å². The smallest absolute Gasteiger partial charge is 0.244 e. The van der Waals surface area contributed by atoms with Crippen LogP contribution in [0.3, 0.4) is 0 Å². The molecule has 0 atom stereocenters. The zero-order chi connectivity index (χ0) is 17.9. The molecule has 3 rings (SSSR count). The Morgan fingerprint density at radius 3 is 2.40 bits per heavy atom. The molecule has 1 fully saturated rings. The van der Waals surface area contributed by atoms with Gasteiger partial charge in [0.15, 0.2) is 0 Å². The highest BCUT2D eigenvalue weighted by atomic mass is 35.5. The van der Waals surface area contributed by atoms with Crippen molar-refractivity contribution in [3.8, 4) is 5.75 Å². The first-order chi connectivity index (χ1) is 12.0. The summed E-state index contributed by atoms with van der Waals surface area (Å²) in [6.45, 7) is 3.30. The van der Waals surface area contributed by atoms with Crippen LogP contribution in [0.4, 0.5) is 0 Å². The van der Waals surface area contributed by atoms with Gasteiger partial charge in [-0.25, -0.2) is 8.42 Å². The number of para-hydroxylation sites is 1. The number of quaternary nitrogens is 1. The molecule has 1 N–H and O–H groups in total. The number of piperazine rings is 1. The van der Waals surface area contributed by atoms with E-state index in [0.717, 1.165) is 30.9 Å². The number of rotatable bonds is 5. The van der Waals surface area contributed by atoms with E-state index in [-0.39, 0.29) is 9.92 Å². The molecule has 5 nitrogen and oxygen atoms in total. The first kappa shape index (κ1) is 18.2. The number of hydrogen-bond donors (Lipinski definition) is 1. The average molecular weight is 382 g/mol.